The van der Waals surface area contributed by atoms with Crippen LogP contribution in [0.2, 0.25) is 0 Å². The van der Waals surface area contributed by atoms with Crippen molar-refractivity contribution in [2.24, 2.45) is 0 Å². The van der Waals surface area contributed by atoms with Gasteiger partial charge < -0.3 is 10.4 Å². The number of rotatable bonds is 5. The van der Waals surface area contributed by atoms with Crippen LogP contribution in [0, 0.1) is 0 Å². The van der Waals surface area contributed by atoms with Crippen LogP contribution < -0.4 is 5.32 Å². The molecule has 0 amide bonds. The molecule has 19 heavy (non-hydrogen) atoms. The SMILES string of the molecule is CCN(C1CCCC1)C1CCCC(NC)(C(=O)O)C1. The maximum atomic E-state index is 11.6. The molecule has 4 nitrogen and oxygen atoms in total. The molecule has 2 N–H and O–H groups in total. The van der Waals surface area contributed by atoms with Gasteiger partial charge in [-0.15, -0.1) is 0 Å². The maximum Gasteiger partial charge on any atom is 0.323 e. The summed E-state index contributed by atoms with van der Waals surface area (Å²) in [6.45, 7) is 3.27. The normalized spacial score (nSPS) is 32.9. The first kappa shape index (κ1) is 14.8. The van der Waals surface area contributed by atoms with Gasteiger partial charge in [0.2, 0.25) is 0 Å². The van der Waals surface area contributed by atoms with Crippen molar-refractivity contribution in [3.8, 4) is 0 Å². The Balaban J connectivity index is 2.08. The number of carbonyl (C=O) groups is 1. The van der Waals surface area contributed by atoms with Gasteiger partial charge in [-0.25, -0.2) is 0 Å². The third-order valence-electron chi connectivity index (χ3n) is 5.24. The second kappa shape index (κ2) is 6.23. The van der Waals surface area contributed by atoms with Gasteiger partial charge in [0.15, 0.2) is 0 Å². The lowest BCUT2D eigenvalue weighted by Crippen LogP contribution is -2.58. The molecule has 2 aliphatic rings. The molecule has 0 heterocycles. The van der Waals surface area contributed by atoms with Gasteiger partial charge in [0, 0.05) is 12.1 Å². The number of aliphatic carboxylic acids is 1. The number of nitrogens with one attached hydrogen (secondary N) is 1. The summed E-state index contributed by atoms with van der Waals surface area (Å²) in [6, 6.07) is 1.13. The smallest absolute Gasteiger partial charge is 0.323 e. The fraction of sp³-hybridized carbons (Fsp3) is 0.933. The summed E-state index contributed by atoms with van der Waals surface area (Å²) in [4.78, 5) is 14.2. The van der Waals surface area contributed by atoms with Crippen molar-refractivity contribution in [2.75, 3.05) is 13.6 Å². The molecule has 0 bridgehead atoms. The van der Waals surface area contributed by atoms with Gasteiger partial charge in [0.05, 0.1) is 0 Å². The Hall–Kier alpha value is -0.610. The van der Waals surface area contributed by atoms with Crippen molar-refractivity contribution < 1.29 is 9.90 Å². The predicted octanol–water partition coefficient (Wildman–Crippen LogP) is 2.24. The molecule has 2 unspecified atom stereocenters. The van der Waals surface area contributed by atoms with Crippen LogP contribution in [0.15, 0.2) is 0 Å². The van der Waals surface area contributed by atoms with Gasteiger partial charge in [0.1, 0.15) is 5.54 Å². The molecule has 2 aliphatic carbocycles. The van der Waals surface area contributed by atoms with Gasteiger partial charge in [-0.2, -0.15) is 0 Å². The van der Waals surface area contributed by atoms with Crippen LogP contribution in [-0.2, 0) is 4.79 Å². The van der Waals surface area contributed by atoms with Crippen LogP contribution in [-0.4, -0.2) is 47.2 Å². The van der Waals surface area contributed by atoms with Gasteiger partial charge in [-0.05, 0) is 52.1 Å². The highest BCUT2D eigenvalue weighted by Crippen LogP contribution is 2.35. The van der Waals surface area contributed by atoms with E-state index in [1.54, 1.807) is 7.05 Å². The predicted molar refractivity (Wildman–Crippen MR) is 76.3 cm³/mol. The van der Waals surface area contributed by atoms with Gasteiger partial charge in [-0.3, -0.25) is 9.69 Å². The zero-order valence-corrected chi connectivity index (χ0v) is 12.3. The molecule has 4 heteroatoms. The third-order valence-corrected chi connectivity index (χ3v) is 5.24. The Bertz CT molecular complexity index is 315. The van der Waals surface area contributed by atoms with Crippen molar-refractivity contribution in [1.82, 2.24) is 10.2 Å². The molecule has 2 atom stereocenters. The second-order valence-corrected chi connectivity index (χ2v) is 6.16. The van der Waals surface area contributed by atoms with E-state index in [0.717, 1.165) is 32.2 Å². The Morgan fingerprint density at radius 2 is 1.89 bits per heavy atom. The largest absolute Gasteiger partial charge is 0.480 e. The lowest BCUT2D eigenvalue weighted by atomic mass is 9.78. The van der Waals surface area contributed by atoms with Crippen molar-refractivity contribution in [3.05, 3.63) is 0 Å². The molecule has 0 aromatic rings. The number of likely N-dealkylation sites (N-methyl/N-ethyl adjacent to an activating group) is 1. The number of nitrogens with zero attached hydrogens (tertiary/aromatic N) is 1. The van der Waals surface area contributed by atoms with E-state index in [2.05, 4.69) is 17.1 Å². The van der Waals surface area contributed by atoms with E-state index in [1.165, 1.54) is 25.7 Å². The fourth-order valence-electron chi connectivity index (χ4n) is 4.11. The quantitative estimate of drug-likeness (QED) is 0.803. The van der Waals surface area contributed by atoms with Crippen LogP contribution in [0.25, 0.3) is 0 Å². The molecule has 0 saturated heterocycles. The van der Waals surface area contributed by atoms with Crippen LogP contribution in [0.4, 0.5) is 0 Å². The summed E-state index contributed by atoms with van der Waals surface area (Å²) < 4.78 is 0. The number of carboxylic acids is 1. The first-order valence-corrected chi connectivity index (χ1v) is 7.81. The Kier molecular flexibility index (Phi) is 4.85. The second-order valence-electron chi connectivity index (χ2n) is 6.16. The highest BCUT2D eigenvalue weighted by molar-refractivity contribution is 5.79. The molecule has 0 aliphatic heterocycles. The summed E-state index contributed by atoms with van der Waals surface area (Å²) in [7, 11) is 1.79. The summed E-state index contributed by atoms with van der Waals surface area (Å²) in [6.07, 6.45) is 8.95. The zero-order chi connectivity index (χ0) is 13.9. The average molecular weight is 268 g/mol. The number of carboxylic acid groups (broad SMARTS) is 1. The Morgan fingerprint density at radius 1 is 1.26 bits per heavy atom. The molecule has 2 rings (SSSR count). The van der Waals surface area contributed by atoms with Crippen LogP contribution in [0.5, 0.6) is 0 Å². The molecule has 0 spiro atoms. The average Bonchev–Trinajstić information content (AvgIpc) is 2.93. The van der Waals surface area contributed by atoms with E-state index in [-0.39, 0.29) is 0 Å². The van der Waals surface area contributed by atoms with E-state index in [9.17, 15) is 9.90 Å². The van der Waals surface area contributed by atoms with Gasteiger partial charge in [0.25, 0.3) is 0 Å². The first-order chi connectivity index (χ1) is 9.13. The van der Waals surface area contributed by atoms with E-state index in [1.807, 2.05) is 0 Å². The molecule has 110 valence electrons. The molecular formula is C15H28N2O2. The minimum absolute atomic E-state index is 0.436. The Labute approximate surface area is 116 Å². The summed E-state index contributed by atoms with van der Waals surface area (Å²) in [5, 5.41) is 12.6. The van der Waals surface area contributed by atoms with E-state index in [4.69, 9.17) is 0 Å². The molecule has 2 saturated carbocycles. The first-order valence-electron chi connectivity index (χ1n) is 7.81. The topological polar surface area (TPSA) is 52.6 Å². The standard InChI is InChI=1S/C15H28N2O2/c1-3-17(12-7-4-5-8-12)13-9-6-10-15(11-13,16-2)14(18)19/h12-13,16H,3-11H2,1-2H3,(H,18,19). The van der Waals surface area contributed by atoms with E-state index < -0.39 is 11.5 Å². The van der Waals surface area contributed by atoms with Crippen molar-refractivity contribution in [2.45, 2.75) is 75.9 Å². The summed E-state index contributed by atoms with van der Waals surface area (Å²) in [5.41, 5.74) is -0.699. The molecule has 0 aromatic carbocycles. The molecule has 0 aromatic heterocycles. The maximum absolute atomic E-state index is 11.6. The molecule has 0 radical (unpaired) electrons. The lowest BCUT2D eigenvalue weighted by molar-refractivity contribution is -0.147. The minimum atomic E-state index is -0.699. The third kappa shape index (κ3) is 2.95. The highest BCUT2D eigenvalue weighted by atomic mass is 16.4. The lowest BCUT2D eigenvalue weighted by Gasteiger charge is -2.44. The zero-order valence-electron chi connectivity index (χ0n) is 12.3. The van der Waals surface area contributed by atoms with Crippen molar-refractivity contribution >= 4 is 5.97 Å². The van der Waals surface area contributed by atoms with E-state index in [0.29, 0.717) is 12.1 Å². The van der Waals surface area contributed by atoms with Crippen molar-refractivity contribution in [1.29, 1.82) is 0 Å². The van der Waals surface area contributed by atoms with Gasteiger partial charge in [-0.1, -0.05) is 19.8 Å². The van der Waals surface area contributed by atoms with E-state index >= 15 is 0 Å². The number of hydrogen-bond donors (Lipinski definition) is 2. The fourth-order valence-corrected chi connectivity index (χ4v) is 4.11. The highest BCUT2D eigenvalue weighted by Gasteiger charge is 2.44. The minimum Gasteiger partial charge on any atom is -0.480 e. The van der Waals surface area contributed by atoms with Crippen LogP contribution in [0.3, 0.4) is 0 Å². The van der Waals surface area contributed by atoms with Crippen LogP contribution in [0.1, 0.15) is 58.3 Å². The summed E-state index contributed by atoms with van der Waals surface area (Å²) in [5.74, 6) is -0.679. The van der Waals surface area contributed by atoms with Crippen LogP contribution >= 0.6 is 0 Å². The monoisotopic (exact) mass is 268 g/mol. The van der Waals surface area contributed by atoms with Crippen molar-refractivity contribution in [3.63, 3.8) is 0 Å². The molecule has 2 fully saturated rings. The van der Waals surface area contributed by atoms with Gasteiger partial charge >= 0.3 is 5.97 Å². The number of hydrogen-bond acceptors (Lipinski definition) is 3. The molecular weight excluding hydrogens is 240 g/mol. The Morgan fingerprint density at radius 3 is 2.42 bits per heavy atom. The summed E-state index contributed by atoms with van der Waals surface area (Å²) >= 11 is 0.